The maximum atomic E-state index is 12.5. The second-order valence-corrected chi connectivity index (χ2v) is 10.3. The molecule has 2 fully saturated rings. The first-order chi connectivity index (χ1) is 16.4. The molecule has 2 saturated heterocycles. The Kier molecular flexibility index (Phi) is 6.53. The van der Waals surface area contributed by atoms with Crippen LogP contribution < -0.4 is 14.8 Å². The molecule has 2 aromatic rings. The Bertz CT molecular complexity index is 1030. The number of ether oxygens (including phenoxy) is 3. The van der Waals surface area contributed by atoms with Crippen molar-refractivity contribution in [1.29, 1.82) is 0 Å². The number of carbonyl (C=O) groups excluding carboxylic acids is 1. The molecule has 3 aliphatic heterocycles. The van der Waals surface area contributed by atoms with Crippen LogP contribution in [0.1, 0.15) is 54.4 Å². The molecule has 4 heterocycles. The summed E-state index contributed by atoms with van der Waals surface area (Å²) < 4.78 is 19.1. The minimum absolute atomic E-state index is 0.0183. The molecule has 8 nitrogen and oxygen atoms in total. The fourth-order valence-electron chi connectivity index (χ4n) is 5.65. The third-order valence-electron chi connectivity index (χ3n) is 7.42. The molecular formula is C26H36N4O4. The molecule has 0 radical (unpaired) electrons. The van der Waals surface area contributed by atoms with Crippen LogP contribution in [0.5, 0.6) is 11.5 Å². The minimum Gasteiger partial charge on any atom is -0.454 e. The molecule has 1 amide bonds. The highest BCUT2D eigenvalue weighted by molar-refractivity contribution is 5.92. The highest BCUT2D eigenvalue weighted by Crippen LogP contribution is 2.39. The number of benzene rings is 1. The number of nitrogens with one attached hydrogen (secondary N) is 1. The van der Waals surface area contributed by atoms with Crippen molar-refractivity contribution in [2.24, 2.45) is 13.0 Å². The largest absolute Gasteiger partial charge is 0.454 e. The predicted octanol–water partition coefficient (Wildman–Crippen LogP) is 3.08. The number of fused-ring (bicyclic) bond motifs is 1. The molecular weight excluding hydrogens is 432 g/mol. The average molecular weight is 469 g/mol. The van der Waals surface area contributed by atoms with E-state index < -0.39 is 0 Å². The first-order valence-electron chi connectivity index (χ1n) is 12.5. The Morgan fingerprint density at radius 2 is 2.00 bits per heavy atom. The maximum absolute atomic E-state index is 12.5. The Hall–Kier alpha value is -2.58. The van der Waals surface area contributed by atoms with Crippen molar-refractivity contribution in [2.75, 3.05) is 33.0 Å². The Labute approximate surface area is 201 Å². The number of nitrogens with zero attached hydrogens (tertiary/aromatic N) is 3. The lowest BCUT2D eigenvalue weighted by molar-refractivity contribution is -0.0766. The van der Waals surface area contributed by atoms with Crippen molar-refractivity contribution in [3.63, 3.8) is 0 Å². The highest BCUT2D eigenvalue weighted by Gasteiger charge is 2.42. The molecule has 1 spiro atoms. The fourth-order valence-corrected chi connectivity index (χ4v) is 5.65. The molecule has 0 aliphatic carbocycles. The van der Waals surface area contributed by atoms with Crippen molar-refractivity contribution < 1.29 is 19.0 Å². The SMILES string of the molecule is Cc1cc(C(=O)NC[C@@H]2CCC3(CCN(C[C@@H](C)Cc4ccc5c(c4)OCO5)CC3)O2)n(C)n1. The van der Waals surface area contributed by atoms with Crippen LogP contribution in [0.25, 0.3) is 0 Å². The zero-order valence-corrected chi connectivity index (χ0v) is 20.5. The molecule has 8 heteroatoms. The molecule has 1 N–H and O–H groups in total. The van der Waals surface area contributed by atoms with Crippen LogP contribution in [0.4, 0.5) is 0 Å². The van der Waals surface area contributed by atoms with Crippen molar-refractivity contribution in [1.82, 2.24) is 20.0 Å². The number of piperidine rings is 1. The topological polar surface area (TPSA) is 77.9 Å². The number of aromatic nitrogens is 2. The molecule has 184 valence electrons. The molecule has 34 heavy (non-hydrogen) atoms. The number of amides is 1. The van der Waals surface area contributed by atoms with E-state index in [9.17, 15) is 4.79 Å². The van der Waals surface area contributed by atoms with Crippen LogP contribution in [-0.4, -0.2) is 65.3 Å². The van der Waals surface area contributed by atoms with Crippen LogP contribution in [-0.2, 0) is 18.2 Å². The summed E-state index contributed by atoms with van der Waals surface area (Å²) in [6.45, 7) is 8.32. The quantitative estimate of drug-likeness (QED) is 0.673. The van der Waals surface area contributed by atoms with E-state index in [0.29, 0.717) is 24.9 Å². The van der Waals surface area contributed by atoms with Gasteiger partial charge >= 0.3 is 0 Å². The normalized spacial score (nSPS) is 22.3. The number of hydrogen-bond acceptors (Lipinski definition) is 6. The van der Waals surface area contributed by atoms with Crippen LogP contribution in [0.15, 0.2) is 24.3 Å². The molecule has 1 aromatic carbocycles. The summed E-state index contributed by atoms with van der Waals surface area (Å²) in [5.41, 5.74) is 2.72. The smallest absolute Gasteiger partial charge is 0.269 e. The number of likely N-dealkylation sites (tertiary alicyclic amines) is 1. The van der Waals surface area contributed by atoms with E-state index in [0.717, 1.165) is 68.9 Å². The van der Waals surface area contributed by atoms with Crippen molar-refractivity contribution in [3.05, 3.63) is 41.2 Å². The third kappa shape index (κ3) is 5.08. The van der Waals surface area contributed by atoms with Crippen molar-refractivity contribution in [2.45, 2.75) is 57.7 Å². The average Bonchev–Trinajstić information content (AvgIpc) is 3.52. The maximum Gasteiger partial charge on any atom is 0.269 e. The zero-order valence-electron chi connectivity index (χ0n) is 20.5. The first kappa shape index (κ1) is 23.2. The van der Waals surface area contributed by atoms with Crippen molar-refractivity contribution >= 4 is 5.91 Å². The van der Waals surface area contributed by atoms with Gasteiger partial charge in [0.05, 0.1) is 17.4 Å². The predicted molar refractivity (Wildman–Crippen MR) is 128 cm³/mol. The van der Waals surface area contributed by atoms with Crippen LogP contribution in [0.2, 0.25) is 0 Å². The van der Waals surface area contributed by atoms with Crippen LogP contribution >= 0.6 is 0 Å². The van der Waals surface area contributed by atoms with Gasteiger partial charge in [0.1, 0.15) is 5.69 Å². The minimum atomic E-state index is -0.0843. The highest BCUT2D eigenvalue weighted by atomic mass is 16.7. The molecule has 1 aromatic heterocycles. The molecule has 2 atom stereocenters. The van der Waals surface area contributed by atoms with Gasteiger partial charge in [-0.15, -0.1) is 0 Å². The van der Waals surface area contributed by atoms with E-state index in [4.69, 9.17) is 14.2 Å². The lowest BCUT2D eigenvalue weighted by Gasteiger charge is -2.40. The summed E-state index contributed by atoms with van der Waals surface area (Å²) in [6, 6.07) is 8.10. The summed E-state index contributed by atoms with van der Waals surface area (Å²) in [7, 11) is 1.80. The van der Waals surface area contributed by atoms with Crippen molar-refractivity contribution in [3.8, 4) is 11.5 Å². The van der Waals surface area contributed by atoms with E-state index in [1.807, 2.05) is 19.1 Å². The second kappa shape index (κ2) is 9.58. The van der Waals surface area contributed by atoms with E-state index in [-0.39, 0.29) is 17.6 Å². The second-order valence-electron chi connectivity index (χ2n) is 10.3. The van der Waals surface area contributed by atoms with Gasteiger partial charge < -0.3 is 24.4 Å². The van der Waals surface area contributed by atoms with Gasteiger partial charge in [-0.05, 0) is 68.7 Å². The summed E-state index contributed by atoms with van der Waals surface area (Å²) in [5, 5.41) is 7.29. The third-order valence-corrected chi connectivity index (χ3v) is 7.42. The molecule has 0 unspecified atom stereocenters. The summed E-state index contributed by atoms with van der Waals surface area (Å²) in [6.07, 6.45) is 5.34. The van der Waals surface area contributed by atoms with Gasteiger partial charge in [-0.2, -0.15) is 5.10 Å². The monoisotopic (exact) mass is 468 g/mol. The lowest BCUT2D eigenvalue weighted by Crippen LogP contribution is -2.46. The summed E-state index contributed by atoms with van der Waals surface area (Å²) in [5.74, 6) is 2.19. The van der Waals surface area contributed by atoms with E-state index in [1.165, 1.54) is 5.56 Å². The lowest BCUT2D eigenvalue weighted by atomic mass is 9.88. The first-order valence-corrected chi connectivity index (χ1v) is 12.5. The Morgan fingerprint density at radius 3 is 2.76 bits per heavy atom. The number of aryl methyl sites for hydroxylation is 2. The Balaban J connectivity index is 1.05. The standard InChI is InChI=1S/C26H36N4O4/c1-18(12-20-4-5-23-24(14-20)33-17-32-23)16-30-10-8-26(9-11-30)7-6-21(34-26)15-27-25(31)22-13-19(2)28-29(22)3/h4-5,13-14,18,21H,6-12,15-17H2,1-3H3,(H,27,31)/t18-,21-/m0/s1. The van der Waals surface area contributed by atoms with E-state index >= 15 is 0 Å². The van der Waals surface area contributed by atoms with Gasteiger partial charge in [0.25, 0.3) is 5.91 Å². The summed E-state index contributed by atoms with van der Waals surface area (Å²) in [4.78, 5) is 15.1. The van der Waals surface area contributed by atoms with Crippen LogP contribution in [0.3, 0.4) is 0 Å². The summed E-state index contributed by atoms with van der Waals surface area (Å²) >= 11 is 0. The number of rotatable bonds is 7. The van der Waals surface area contributed by atoms with E-state index in [2.05, 4.69) is 34.4 Å². The molecule has 0 bridgehead atoms. The Morgan fingerprint density at radius 1 is 1.21 bits per heavy atom. The zero-order chi connectivity index (χ0) is 23.7. The fraction of sp³-hybridized carbons (Fsp3) is 0.615. The molecule has 0 saturated carbocycles. The van der Waals surface area contributed by atoms with E-state index in [1.54, 1.807) is 11.7 Å². The van der Waals surface area contributed by atoms with Crippen LogP contribution in [0, 0.1) is 12.8 Å². The van der Waals surface area contributed by atoms with Gasteiger partial charge in [-0.3, -0.25) is 9.48 Å². The number of carbonyl (C=O) groups is 1. The molecule has 5 rings (SSSR count). The molecule has 3 aliphatic rings. The van der Waals surface area contributed by atoms with Gasteiger partial charge in [0, 0.05) is 33.2 Å². The number of hydrogen-bond donors (Lipinski definition) is 1. The van der Waals surface area contributed by atoms with Gasteiger partial charge in [-0.25, -0.2) is 0 Å². The van der Waals surface area contributed by atoms with Gasteiger partial charge in [-0.1, -0.05) is 13.0 Å². The van der Waals surface area contributed by atoms with Gasteiger partial charge in [0.2, 0.25) is 6.79 Å². The van der Waals surface area contributed by atoms with Gasteiger partial charge in [0.15, 0.2) is 11.5 Å².